The Morgan fingerprint density at radius 3 is 2.60 bits per heavy atom. The van der Waals surface area contributed by atoms with Crippen molar-refractivity contribution < 1.29 is 18.3 Å². The van der Waals surface area contributed by atoms with Crippen LogP contribution in [0, 0.1) is 6.92 Å². The third-order valence-corrected chi connectivity index (χ3v) is 2.13. The van der Waals surface area contributed by atoms with Gasteiger partial charge < -0.3 is 9.47 Å². The van der Waals surface area contributed by atoms with Crippen molar-refractivity contribution in [3.8, 4) is 11.5 Å². The summed E-state index contributed by atoms with van der Waals surface area (Å²) in [5, 5.41) is 0. The van der Waals surface area contributed by atoms with Crippen LogP contribution in [0.2, 0.25) is 0 Å². The first-order chi connectivity index (χ1) is 7.15. The van der Waals surface area contributed by atoms with E-state index in [1.807, 2.05) is 6.92 Å². The molecule has 2 rings (SSSR count). The molecule has 0 unspecified atom stereocenters. The number of hydrogen-bond donors (Lipinski definition) is 0. The molecule has 1 aliphatic rings. The van der Waals surface area contributed by atoms with Gasteiger partial charge in [0.05, 0.1) is 6.10 Å². The Labute approximate surface area is 86.8 Å². The highest BCUT2D eigenvalue weighted by molar-refractivity contribution is 5.43. The molecule has 1 aliphatic carbocycles. The molecule has 1 aromatic carbocycles. The molecule has 0 atom stereocenters. The molecule has 15 heavy (non-hydrogen) atoms. The Bertz CT molecular complexity index is 348. The topological polar surface area (TPSA) is 18.5 Å². The van der Waals surface area contributed by atoms with Gasteiger partial charge in [-0.15, -0.1) is 0 Å². The minimum atomic E-state index is -2.81. The van der Waals surface area contributed by atoms with Crippen molar-refractivity contribution in [1.82, 2.24) is 0 Å². The van der Waals surface area contributed by atoms with E-state index in [0.29, 0.717) is 5.75 Å². The third kappa shape index (κ3) is 2.81. The summed E-state index contributed by atoms with van der Waals surface area (Å²) < 4.78 is 34.0. The Hall–Kier alpha value is -1.32. The van der Waals surface area contributed by atoms with Crippen LogP contribution >= 0.6 is 0 Å². The first kappa shape index (κ1) is 10.2. The molecule has 0 saturated heterocycles. The largest absolute Gasteiger partial charge is 0.487 e. The lowest BCUT2D eigenvalue weighted by Gasteiger charge is -2.12. The molecule has 0 amide bonds. The van der Waals surface area contributed by atoms with Crippen molar-refractivity contribution in [2.75, 3.05) is 0 Å². The van der Waals surface area contributed by atoms with Crippen LogP contribution in [-0.2, 0) is 0 Å². The molecule has 1 aromatic rings. The Morgan fingerprint density at radius 2 is 2.00 bits per heavy atom. The molecule has 0 aliphatic heterocycles. The monoisotopic (exact) mass is 214 g/mol. The van der Waals surface area contributed by atoms with E-state index in [0.717, 1.165) is 18.4 Å². The van der Waals surface area contributed by atoms with E-state index in [1.54, 1.807) is 12.1 Å². The van der Waals surface area contributed by atoms with Gasteiger partial charge in [-0.1, -0.05) is 6.07 Å². The molecule has 0 heterocycles. The summed E-state index contributed by atoms with van der Waals surface area (Å²) >= 11 is 0. The number of rotatable bonds is 4. The van der Waals surface area contributed by atoms with Gasteiger partial charge in [0.25, 0.3) is 0 Å². The predicted molar refractivity (Wildman–Crippen MR) is 51.5 cm³/mol. The standard InChI is InChI=1S/C11H12F2O2/c1-7-2-5-9(15-11(12)13)10(6-7)14-8-3-4-8/h2,5-6,8,11H,3-4H2,1H3. The lowest BCUT2D eigenvalue weighted by molar-refractivity contribution is -0.0516. The van der Waals surface area contributed by atoms with E-state index in [-0.39, 0.29) is 11.9 Å². The second-order valence-electron chi connectivity index (χ2n) is 3.65. The molecule has 0 radical (unpaired) electrons. The molecule has 2 nitrogen and oxygen atoms in total. The summed E-state index contributed by atoms with van der Waals surface area (Å²) in [7, 11) is 0. The minimum Gasteiger partial charge on any atom is -0.487 e. The summed E-state index contributed by atoms with van der Waals surface area (Å²) in [6.07, 6.45) is 2.15. The lowest BCUT2D eigenvalue weighted by atomic mass is 10.2. The number of ether oxygens (including phenoxy) is 2. The molecule has 0 aromatic heterocycles. The summed E-state index contributed by atoms with van der Waals surface area (Å²) in [5.74, 6) is 0.528. The van der Waals surface area contributed by atoms with E-state index in [1.165, 1.54) is 6.07 Å². The SMILES string of the molecule is Cc1ccc(OC(F)F)c(OC2CC2)c1. The number of alkyl halides is 2. The summed E-state index contributed by atoms with van der Waals surface area (Å²) in [6.45, 7) is -0.930. The van der Waals surface area contributed by atoms with Crippen LogP contribution < -0.4 is 9.47 Å². The fourth-order valence-electron chi connectivity index (χ4n) is 1.27. The molecule has 82 valence electrons. The zero-order valence-corrected chi connectivity index (χ0v) is 8.37. The molecule has 0 bridgehead atoms. The first-order valence-electron chi connectivity index (χ1n) is 4.87. The maximum absolute atomic E-state index is 12.1. The highest BCUT2D eigenvalue weighted by Crippen LogP contribution is 2.34. The summed E-state index contributed by atoms with van der Waals surface area (Å²) in [4.78, 5) is 0. The van der Waals surface area contributed by atoms with Crippen molar-refractivity contribution in [3.05, 3.63) is 23.8 Å². The van der Waals surface area contributed by atoms with Crippen molar-refractivity contribution in [3.63, 3.8) is 0 Å². The quantitative estimate of drug-likeness (QED) is 0.766. The fraction of sp³-hybridized carbons (Fsp3) is 0.455. The van der Waals surface area contributed by atoms with Crippen LogP contribution in [0.25, 0.3) is 0 Å². The van der Waals surface area contributed by atoms with Crippen LogP contribution in [0.5, 0.6) is 11.5 Å². The molecular formula is C11H12F2O2. The van der Waals surface area contributed by atoms with Gasteiger partial charge in [0.1, 0.15) is 0 Å². The minimum absolute atomic E-state index is 0.113. The van der Waals surface area contributed by atoms with E-state index < -0.39 is 6.61 Å². The fourth-order valence-corrected chi connectivity index (χ4v) is 1.27. The summed E-state index contributed by atoms with van der Waals surface area (Å²) in [6, 6.07) is 4.95. The first-order valence-corrected chi connectivity index (χ1v) is 4.87. The van der Waals surface area contributed by atoms with Gasteiger partial charge in [-0.3, -0.25) is 0 Å². The van der Waals surface area contributed by atoms with Crippen LogP contribution in [0.15, 0.2) is 18.2 Å². The highest BCUT2D eigenvalue weighted by Gasteiger charge is 2.25. The Balaban J connectivity index is 2.17. The number of benzene rings is 1. The van der Waals surface area contributed by atoms with Gasteiger partial charge >= 0.3 is 6.61 Å². The maximum atomic E-state index is 12.1. The average Bonchev–Trinajstić information content (AvgIpc) is 2.93. The van der Waals surface area contributed by atoms with Gasteiger partial charge in [0.2, 0.25) is 0 Å². The molecule has 4 heteroatoms. The van der Waals surface area contributed by atoms with Gasteiger partial charge in [0.15, 0.2) is 11.5 Å². The number of halogens is 2. The van der Waals surface area contributed by atoms with Gasteiger partial charge in [-0.2, -0.15) is 8.78 Å². The molecule has 1 fully saturated rings. The Morgan fingerprint density at radius 1 is 1.27 bits per heavy atom. The van der Waals surface area contributed by atoms with Crippen molar-refractivity contribution >= 4 is 0 Å². The Kier molecular flexibility index (Phi) is 2.75. The maximum Gasteiger partial charge on any atom is 0.387 e. The van der Waals surface area contributed by atoms with E-state index in [4.69, 9.17) is 4.74 Å². The smallest absolute Gasteiger partial charge is 0.387 e. The van der Waals surface area contributed by atoms with E-state index >= 15 is 0 Å². The molecular weight excluding hydrogens is 202 g/mol. The van der Waals surface area contributed by atoms with Crippen LogP contribution in [-0.4, -0.2) is 12.7 Å². The average molecular weight is 214 g/mol. The van der Waals surface area contributed by atoms with Gasteiger partial charge in [0, 0.05) is 0 Å². The predicted octanol–water partition coefficient (Wildman–Crippen LogP) is 3.14. The molecule has 1 saturated carbocycles. The van der Waals surface area contributed by atoms with Gasteiger partial charge in [-0.05, 0) is 37.5 Å². The van der Waals surface area contributed by atoms with Crippen molar-refractivity contribution in [1.29, 1.82) is 0 Å². The lowest BCUT2D eigenvalue weighted by Crippen LogP contribution is -2.05. The molecule has 0 N–H and O–H groups in total. The third-order valence-electron chi connectivity index (χ3n) is 2.13. The normalized spacial score (nSPS) is 15.5. The van der Waals surface area contributed by atoms with E-state index in [2.05, 4.69) is 4.74 Å². The van der Waals surface area contributed by atoms with Crippen molar-refractivity contribution in [2.45, 2.75) is 32.5 Å². The summed E-state index contributed by atoms with van der Waals surface area (Å²) in [5.41, 5.74) is 0.965. The van der Waals surface area contributed by atoms with Crippen LogP contribution in [0.3, 0.4) is 0 Å². The molecule has 0 spiro atoms. The van der Waals surface area contributed by atoms with Crippen LogP contribution in [0.4, 0.5) is 8.78 Å². The zero-order chi connectivity index (χ0) is 10.8. The highest BCUT2D eigenvalue weighted by atomic mass is 19.3. The van der Waals surface area contributed by atoms with E-state index in [9.17, 15) is 8.78 Å². The number of aryl methyl sites for hydroxylation is 1. The van der Waals surface area contributed by atoms with Crippen LogP contribution in [0.1, 0.15) is 18.4 Å². The van der Waals surface area contributed by atoms with Gasteiger partial charge in [-0.25, -0.2) is 0 Å². The zero-order valence-electron chi connectivity index (χ0n) is 8.37. The second-order valence-corrected chi connectivity index (χ2v) is 3.65. The second kappa shape index (κ2) is 4.04. The number of hydrogen-bond acceptors (Lipinski definition) is 2. The van der Waals surface area contributed by atoms with Crippen molar-refractivity contribution in [2.24, 2.45) is 0 Å².